The summed E-state index contributed by atoms with van der Waals surface area (Å²) in [4.78, 5) is 0. The SMILES string of the molecule is CCCCCCCCCCCCC/C(=N\O)c1cccc(OCCCC)c1. The molecule has 1 aromatic carbocycles. The molecular formula is C24H41NO2. The Morgan fingerprint density at radius 2 is 1.41 bits per heavy atom. The highest BCUT2D eigenvalue weighted by atomic mass is 16.5. The van der Waals surface area contributed by atoms with Gasteiger partial charge in [0.1, 0.15) is 5.75 Å². The van der Waals surface area contributed by atoms with Gasteiger partial charge in [-0.25, -0.2) is 0 Å². The molecule has 0 unspecified atom stereocenters. The first-order valence-electron chi connectivity index (χ1n) is 11.3. The highest BCUT2D eigenvalue weighted by Gasteiger charge is 2.06. The maximum atomic E-state index is 9.39. The second-order valence-electron chi connectivity index (χ2n) is 7.56. The van der Waals surface area contributed by atoms with Gasteiger partial charge >= 0.3 is 0 Å². The molecule has 0 bridgehead atoms. The number of rotatable bonds is 17. The lowest BCUT2D eigenvalue weighted by Gasteiger charge is -2.09. The first-order valence-corrected chi connectivity index (χ1v) is 11.3. The van der Waals surface area contributed by atoms with Gasteiger partial charge in [0.2, 0.25) is 0 Å². The molecule has 0 saturated heterocycles. The molecule has 0 heterocycles. The molecule has 154 valence electrons. The fraction of sp³-hybridized carbons (Fsp3) is 0.708. The van der Waals surface area contributed by atoms with Crippen molar-refractivity contribution >= 4 is 5.71 Å². The van der Waals surface area contributed by atoms with Crippen molar-refractivity contribution in [3.63, 3.8) is 0 Å². The Morgan fingerprint density at radius 1 is 0.815 bits per heavy atom. The van der Waals surface area contributed by atoms with Crippen molar-refractivity contribution in [1.82, 2.24) is 0 Å². The van der Waals surface area contributed by atoms with Gasteiger partial charge in [-0.3, -0.25) is 0 Å². The van der Waals surface area contributed by atoms with Crippen LogP contribution >= 0.6 is 0 Å². The molecule has 1 N–H and O–H groups in total. The van der Waals surface area contributed by atoms with E-state index in [-0.39, 0.29) is 0 Å². The zero-order valence-corrected chi connectivity index (χ0v) is 17.7. The summed E-state index contributed by atoms with van der Waals surface area (Å²) in [5.41, 5.74) is 1.74. The minimum absolute atomic E-state index is 0.740. The topological polar surface area (TPSA) is 41.8 Å². The van der Waals surface area contributed by atoms with Crippen LogP contribution in [0.1, 0.15) is 109 Å². The third-order valence-electron chi connectivity index (χ3n) is 5.07. The van der Waals surface area contributed by atoms with Crippen molar-refractivity contribution < 1.29 is 9.94 Å². The van der Waals surface area contributed by atoms with Gasteiger partial charge in [-0.2, -0.15) is 0 Å². The molecule has 1 rings (SSSR count). The molecule has 0 saturated carbocycles. The van der Waals surface area contributed by atoms with Gasteiger partial charge in [0, 0.05) is 5.56 Å². The van der Waals surface area contributed by atoms with Gasteiger partial charge in [-0.15, -0.1) is 0 Å². The fourth-order valence-corrected chi connectivity index (χ4v) is 3.31. The largest absolute Gasteiger partial charge is 0.494 e. The van der Waals surface area contributed by atoms with Crippen molar-refractivity contribution in [1.29, 1.82) is 0 Å². The quantitative estimate of drug-likeness (QED) is 0.131. The molecule has 0 atom stereocenters. The summed E-state index contributed by atoms with van der Waals surface area (Å²) in [6.45, 7) is 5.17. The second kappa shape index (κ2) is 16.6. The van der Waals surface area contributed by atoms with Crippen molar-refractivity contribution in [2.24, 2.45) is 5.16 Å². The number of hydrogen-bond acceptors (Lipinski definition) is 3. The zero-order chi connectivity index (χ0) is 19.6. The number of oxime groups is 1. The van der Waals surface area contributed by atoms with E-state index in [1.165, 1.54) is 64.2 Å². The Balaban J connectivity index is 2.17. The Labute approximate surface area is 167 Å². The first kappa shape index (κ1) is 23.5. The van der Waals surface area contributed by atoms with Gasteiger partial charge in [0.15, 0.2) is 0 Å². The van der Waals surface area contributed by atoms with Crippen LogP contribution in [0.5, 0.6) is 5.75 Å². The van der Waals surface area contributed by atoms with Crippen LogP contribution in [-0.4, -0.2) is 17.5 Å². The Hall–Kier alpha value is -1.51. The predicted octanol–water partition coefficient (Wildman–Crippen LogP) is 7.74. The number of unbranched alkanes of at least 4 members (excludes halogenated alkanes) is 11. The molecule has 3 nitrogen and oxygen atoms in total. The van der Waals surface area contributed by atoms with E-state index in [9.17, 15) is 5.21 Å². The molecule has 0 radical (unpaired) electrons. The molecule has 0 amide bonds. The monoisotopic (exact) mass is 375 g/mol. The number of hydrogen-bond donors (Lipinski definition) is 1. The summed E-state index contributed by atoms with van der Waals surface area (Å²) in [6.07, 6.45) is 17.6. The summed E-state index contributed by atoms with van der Waals surface area (Å²) >= 11 is 0. The van der Waals surface area contributed by atoms with E-state index in [0.29, 0.717) is 0 Å². The smallest absolute Gasteiger partial charge is 0.119 e. The van der Waals surface area contributed by atoms with Crippen molar-refractivity contribution in [2.75, 3.05) is 6.61 Å². The average molecular weight is 376 g/mol. The van der Waals surface area contributed by atoms with Gasteiger partial charge in [-0.1, -0.05) is 102 Å². The molecule has 0 aliphatic heterocycles. The highest BCUT2D eigenvalue weighted by molar-refractivity contribution is 6.00. The Kier molecular flexibility index (Phi) is 14.5. The molecule has 3 heteroatoms. The number of nitrogens with zero attached hydrogens (tertiary/aromatic N) is 1. The van der Waals surface area contributed by atoms with E-state index < -0.39 is 0 Å². The summed E-state index contributed by atoms with van der Waals surface area (Å²) in [5, 5.41) is 12.9. The second-order valence-corrected chi connectivity index (χ2v) is 7.56. The van der Waals surface area contributed by atoms with Gasteiger partial charge in [-0.05, 0) is 31.4 Å². The first-order chi connectivity index (χ1) is 13.3. The molecular weight excluding hydrogens is 334 g/mol. The van der Waals surface area contributed by atoms with Crippen molar-refractivity contribution in [3.8, 4) is 5.75 Å². The molecule has 27 heavy (non-hydrogen) atoms. The molecule has 0 aromatic heterocycles. The van der Waals surface area contributed by atoms with E-state index >= 15 is 0 Å². The summed E-state index contributed by atoms with van der Waals surface area (Å²) in [6, 6.07) is 7.93. The summed E-state index contributed by atoms with van der Waals surface area (Å²) in [7, 11) is 0. The average Bonchev–Trinajstić information content (AvgIpc) is 2.69. The summed E-state index contributed by atoms with van der Waals surface area (Å²) < 4.78 is 5.76. The number of benzene rings is 1. The fourth-order valence-electron chi connectivity index (χ4n) is 3.31. The lowest BCUT2D eigenvalue weighted by atomic mass is 10.0. The maximum Gasteiger partial charge on any atom is 0.119 e. The Morgan fingerprint density at radius 3 is 2.00 bits per heavy atom. The number of ether oxygens (including phenoxy) is 1. The van der Waals surface area contributed by atoms with Gasteiger partial charge in [0.25, 0.3) is 0 Å². The minimum atomic E-state index is 0.740. The van der Waals surface area contributed by atoms with Crippen LogP contribution in [0.3, 0.4) is 0 Å². The molecule has 0 fully saturated rings. The lowest BCUT2D eigenvalue weighted by Crippen LogP contribution is -2.03. The Bertz CT molecular complexity index is 499. The van der Waals surface area contributed by atoms with E-state index in [1.807, 2.05) is 24.3 Å². The maximum absolute atomic E-state index is 9.39. The molecule has 0 aliphatic carbocycles. The van der Waals surface area contributed by atoms with Gasteiger partial charge < -0.3 is 9.94 Å². The van der Waals surface area contributed by atoms with Crippen LogP contribution in [0.2, 0.25) is 0 Å². The molecule has 0 aliphatic rings. The molecule has 1 aromatic rings. The third-order valence-corrected chi connectivity index (χ3v) is 5.07. The van der Waals surface area contributed by atoms with Crippen LogP contribution in [0, 0.1) is 0 Å². The standard InChI is InChI=1S/C24H41NO2/c1-3-5-7-8-9-10-11-12-13-14-15-19-24(25-26)22-17-16-18-23(21-22)27-20-6-4-2/h16-18,21,26H,3-15,19-20H2,1-2H3/b25-24+. The van der Waals surface area contributed by atoms with Gasteiger partial charge in [0.05, 0.1) is 12.3 Å². The van der Waals surface area contributed by atoms with Crippen LogP contribution in [0.25, 0.3) is 0 Å². The van der Waals surface area contributed by atoms with E-state index in [2.05, 4.69) is 19.0 Å². The zero-order valence-electron chi connectivity index (χ0n) is 17.7. The van der Waals surface area contributed by atoms with Crippen molar-refractivity contribution in [2.45, 2.75) is 104 Å². The van der Waals surface area contributed by atoms with Crippen LogP contribution in [0.15, 0.2) is 29.4 Å². The van der Waals surface area contributed by atoms with E-state index in [4.69, 9.17) is 4.74 Å². The third kappa shape index (κ3) is 11.7. The van der Waals surface area contributed by atoms with E-state index in [0.717, 1.165) is 49.3 Å². The lowest BCUT2D eigenvalue weighted by molar-refractivity contribution is 0.309. The van der Waals surface area contributed by atoms with Crippen LogP contribution < -0.4 is 4.74 Å². The van der Waals surface area contributed by atoms with Crippen LogP contribution in [-0.2, 0) is 0 Å². The highest BCUT2D eigenvalue weighted by Crippen LogP contribution is 2.18. The van der Waals surface area contributed by atoms with Crippen molar-refractivity contribution in [3.05, 3.63) is 29.8 Å². The normalized spacial score (nSPS) is 11.7. The summed E-state index contributed by atoms with van der Waals surface area (Å²) in [5.74, 6) is 0.862. The minimum Gasteiger partial charge on any atom is -0.494 e. The molecule has 0 spiro atoms. The van der Waals surface area contributed by atoms with E-state index in [1.54, 1.807) is 0 Å². The predicted molar refractivity (Wildman–Crippen MR) is 116 cm³/mol. The van der Waals surface area contributed by atoms with Crippen LogP contribution in [0.4, 0.5) is 0 Å².